The number of hydrogen-bond donors (Lipinski definition) is 1. The van der Waals surface area contributed by atoms with Crippen molar-refractivity contribution < 1.29 is 18.3 Å². The number of nitrogens with one attached hydrogen (secondary N) is 1. The molecule has 96 valence electrons. The summed E-state index contributed by atoms with van der Waals surface area (Å²) in [6.45, 7) is 0.675. The minimum absolute atomic E-state index is 0.128. The van der Waals surface area contributed by atoms with Crippen molar-refractivity contribution in [3.8, 4) is 11.8 Å². The predicted molar refractivity (Wildman–Crippen MR) is 59.7 cm³/mol. The highest BCUT2D eigenvalue weighted by Crippen LogP contribution is 2.21. The van der Waals surface area contributed by atoms with Crippen molar-refractivity contribution in [2.45, 2.75) is 19.4 Å². The number of pyridine rings is 1. The Bertz CT molecular complexity index is 367. The first-order valence-corrected chi connectivity index (χ1v) is 5.15. The van der Waals surface area contributed by atoms with Crippen LogP contribution in [-0.2, 0) is 6.54 Å². The molecule has 0 saturated carbocycles. The number of ether oxygens (including phenoxy) is 2. The van der Waals surface area contributed by atoms with Gasteiger partial charge in [0.25, 0.3) is 5.92 Å². The molecule has 0 aliphatic rings. The van der Waals surface area contributed by atoms with Gasteiger partial charge in [0, 0.05) is 25.1 Å². The normalized spacial score (nSPS) is 11.4. The van der Waals surface area contributed by atoms with Crippen LogP contribution in [0.25, 0.3) is 0 Å². The van der Waals surface area contributed by atoms with Gasteiger partial charge in [0.15, 0.2) is 6.61 Å². The van der Waals surface area contributed by atoms with Gasteiger partial charge in [0.2, 0.25) is 11.8 Å². The first-order valence-electron chi connectivity index (χ1n) is 5.15. The summed E-state index contributed by atoms with van der Waals surface area (Å²) in [6, 6.07) is 3.27. The van der Waals surface area contributed by atoms with Crippen LogP contribution in [0.15, 0.2) is 12.1 Å². The van der Waals surface area contributed by atoms with Crippen molar-refractivity contribution in [2.24, 2.45) is 0 Å². The number of methoxy groups -OCH3 is 1. The van der Waals surface area contributed by atoms with Crippen LogP contribution < -0.4 is 14.8 Å². The molecule has 0 aliphatic carbocycles. The van der Waals surface area contributed by atoms with E-state index >= 15 is 0 Å². The zero-order valence-corrected chi connectivity index (χ0v) is 10.1. The second kappa shape index (κ2) is 5.77. The lowest BCUT2D eigenvalue weighted by Gasteiger charge is -2.13. The third-order valence-corrected chi connectivity index (χ3v) is 1.95. The van der Waals surface area contributed by atoms with Crippen LogP contribution >= 0.6 is 0 Å². The average Bonchev–Trinajstić information content (AvgIpc) is 2.27. The zero-order valence-electron chi connectivity index (χ0n) is 10.1. The van der Waals surface area contributed by atoms with Crippen molar-refractivity contribution in [3.05, 3.63) is 17.7 Å². The van der Waals surface area contributed by atoms with Crippen molar-refractivity contribution in [3.63, 3.8) is 0 Å². The van der Waals surface area contributed by atoms with Gasteiger partial charge in [-0.25, -0.2) is 8.78 Å². The molecule has 0 radical (unpaired) electrons. The van der Waals surface area contributed by atoms with Crippen LogP contribution in [-0.4, -0.2) is 31.7 Å². The van der Waals surface area contributed by atoms with E-state index in [2.05, 4.69) is 10.3 Å². The van der Waals surface area contributed by atoms with E-state index in [1.807, 2.05) is 0 Å². The smallest absolute Gasteiger partial charge is 0.278 e. The maximum atomic E-state index is 12.6. The molecule has 0 fully saturated rings. The SMILES string of the molecule is CNCc1ccc(OCC(C)(F)F)nc1OC. The molecule has 0 aromatic carbocycles. The third kappa shape index (κ3) is 4.52. The fraction of sp³-hybridized carbons (Fsp3) is 0.545. The van der Waals surface area contributed by atoms with Crippen LogP contribution in [0.1, 0.15) is 12.5 Å². The summed E-state index contributed by atoms with van der Waals surface area (Å²) in [5, 5.41) is 2.95. The lowest BCUT2D eigenvalue weighted by Crippen LogP contribution is -2.21. The fourth-order valence-corrected chi connectivity index (χ4v) is 1.24. The summed E-state index contributed by atoms with van der Waals surface area (Å²) in [5.41, 5.74) is 0.839. The molecule has 0 aliphatic heterocycles. The first kappa shape index (κ1) is 13.6. The summed E-state index contributed by atoms with van der Waals surface area (Å²) < 4.78 is 35.1. The molecule has 1 rings (SSSR count). The van der Waals surface area contributed by atoms with E-state index in [0.29, 0.717) is 12.4 Å². The second-order valence-corrected chi connectivity index (χ2v) is 3.71. The van der Waals surface area contributed by atoms with Gasteiger partial charge in [-0.3, -0.25) is 0 Å². The quantitative estimate of drug-likeness (QED) is 0.831. The molecule has 0 spiro atoms. The van der Waals surface area contributed by atoms with Crippen LogP contribution in [0.4, 0.5) is 8.78 Å². The topological polar surface area (TPSA) is 43.4 Å². The molecule has 4 nitrogen and oxygen atoms in total. The van der Waals surface area contributed by atoms with Crippen LogP contribution in [0, 0.1) is 0 Å². The minimum Gasteiger partial charge on any atom is -0.481 e. The Kier molecular flexibility index (Phi) is 4.62. The van der Waals surface area contributed by atoms with Crippen molar-refractivity contribution in [1.82, 2.24) is 10.3 Å². The van der Waals surface area contributed by atoms with Gasteiger partial charge >= 0.3 is 0 Å². The van der Waals surface area contributed by atoms with Crippen LogP contribution in [0.3, 0.4) is 0 Å². The van der Waals surface area contributed by atoms with Gasteiger partial charge < -0.3 is 14.8 Å². The summed E-state index contributed by atoms with van der Waals surface area (Å²) in [7, 11) is 3.27. The molecule has 1 heterocycles. The third-order valence-electron chi connectivity index (χ3n) is 1.95. The Labute approximate surface area is 98.9 Å². The summed E-state index contributed by atoms with van der Waals surface area (Å²) in [5.74, 6) is -2.38. The summed E-state index contributed by atoms with van der Waals surface area (Å²) in [6.07, 6.45) is 0. The number of aromatic nitrogens is 1. The van der Waals surface area contributed by atoms with Crippen molar-refractivity contribution in [1.29, 1.82) is 0 Å². The number of hydrogen-bond acceptors (Lipinski definition) is 4. The molecule has 0 amide bonds. The van der Waals surface area contributed by atoms with E-state index in [-0.39, 0.29) is 5.88 Å². The Morgan fingerprint density at radius 3 is 2.65 bits per heavy atom. The monoisotopic (exact) mass is 246 g/mol. The first-order chi connectivity index (χ1) is 7.96. The Balaban J connectivity index is 2.75. The van der Waals surface area contributed by atoms with E-state index in [1.165, 1.54) is 7.11 Å². The maximum absolute atomic E-state index is 12.6. The van der Waals surface area contributed by atoms with E-state index < -0.39 is 12.5 Å². The number of rotatable bonds is 6. The van der Waals surface area contributed by atoms with Crippen LogP contribution in [0.2, 0.25) is 0 Å². The van der Waals surface area contributed by atoms with Crippen molar-refractivity contribution in [2.75, 3.05) is 20.8 Å². The maximum Gasteiger partial charge on any atom is 0.278 e. The Morgan fingerprint density at radius 2 is 2.12 bits per heavy atom. The van der Waals surface area contributed by atoms with Gasteiger partial charge in [-0.15, -0.1) is 0 Å². The molecular weight excluding hydrogens is 230 g/mol. The molecule has 17 heavy (non-hydrogen) atoms. The molecule has 0 bridgehead atoms. The largest absolute Gasteiger partial charge is 0.481 e. The molecule has 1 aromatic rings. The van der Waals surface area contributed by atoms with Crippen LogP contribution in [0.5, 0.6) is 11.8 Å². The van der Waals surface area contributed by atoms with E-state index in [0.717, 1.165) is 12.5 Å². The van der Waals surface area contributed by atoms with E-state index in [4.69, 9.17) is 9.47 Å². The molecule has 0 saturated heterocycles. The number of nitrogens with zero attached hydrogens (tertiary/aromatic N) is 1. The van der Waals surface area contributed by atoms with E-state index in [9.17, 15) is 8.78 Å². The molecule has 0 unspecified atom stereocenters. The Morgan fingerprint density at radius 1 is 1.41 bits per heavy atom. The highest BCUT2D eigenvalue weighted by atomic mass is 19.3. The van der Waals surface area contributed by atoms with Gasteiger partial charge in [-0.05, 0) is 13.1 Å². The molecule has 6 heteroatoms. The zero-order chi connectivity index (χ0) is 12.9. The van der Waals surface area contributed by atoms with Crippen molar-refractivity contribution >= 4 is 0 Å². The molecule has 1 N–H and O–H groups in total. The lowest BCUT2D eigenvalue weighted by atomic mass is 10.2. The van der Waals surface area contributed by atoms with Gasteiger partial charge in [0.05, 0.1) is 7.11 Å². The number of halogens is 2. The van der Waals surface area contributed by atoms with Gasteiger partial charge in [-0.1, -0.05) is 0 Å². The highest BCUT2D eigenvalue weighted by molar-refractivity contribution is 5.30. The fourth-order valence-electron chi connectivity index (χ4n) is 1.24. The molecular formula is C11H16F2N2O2. The summed E-state index contributed by atoms with van der Waals surface area (Å²) >= 11 is 0. The predicted octanol–water partition coefficient (Wildman–Crippen LogP) is 1.84. The summed E-state index contributed by atoms with van der Waals surface area (Å²) in [4.78, 5) is 4.00. The van der Waals surface area contributed by atoms with Gasteiger partial charge in [0.1, 0.15) is 0 Å². The highest BCUT2D eigenvalue weighted by Gasteiger charge is 2.22. The standard InChI is InChI=1S/C11H16F2N2O2/c1-11(12,13)7-17-9-5-4-8(6-14-2)10(15-9)16-3/h4-5,14H,6-7H2,1-3H3. The Hall–Kier alpha value is -1.43. The lowest BCUT2D eigenvalue weighted by molar-refractivity contribution is -0.0243. The van der Waals surface area contributed by atoms with Gasteiger partial charge in [-0.2, -0.15) is 4.98 Å². The molecule has 0 atom stereocenters. The second-order valence-electron chi connectivity index (χ2n) is 3.71. The average molecular weight is 246 g/mol. The number of alkyl halides is 2. The minimum atomic E-state index is -2.88. The molecule has 1 aromatic heterocycles. The van der Waals surface area contributed by atoms with E-state index in [1.54, 1.807) is 19.2 Å².